The van der Waals surface area contributed by atoms with Crippen LogP contribution in [0.2, 0.25) is 0 Å². The van der Waals surface area contributed by atoms with E-state index >= 15 is 0 Å². The van der Waals surface area contributed by atoms with Gasteiger partial charge < -0.3 is 4.74 Å². The molecule has 5 nitrogen and oxygen atoms in total. The molecule has 0 bridgehead atoms. The van der Waals surface area contributed by atoms with Crippen LogP contribution in [0.15, 0.2) is 76.8 Å². The van der Waals surface area contributed by atoms with Gasteiger partial charge >= 0.3 is 0 Å². The molecule has 0 aliphatic rings. The van der Waals surface area contributed by atoms with E-state index in [-0.39, 0.29) is 5.56 Å². The van der Waals surface area contributed by atoms with Gasteiger partial charge in [0, 0.05) is 11.9 Å². The molecule has 0 atom stereocenters. The van der Waals surface area contributed by atoms with E-state index in [9.17, 15) is 4.79 Å². The van der Waals surface area contributed by atoms with Gasteiger partial charge in [-0.3, -0.25) is 4.79 Å². The second kappa shape index (κ2) is 7.86. The van der Waals surface area contributed by atoms with Gasteiger partial charge in [-0.25, -0.2) is 14.5 Å². The third kappa shape index (κ3) is 3.51. The number of thioether (sulfide) groups is 1. The summed E-state index contributed by atoms with van der Waals surface area (Å²) >= 11 is 1.52. The van der Waals surface area contributed by atoms with E-state index in [1.54, 1.807) is 23.9 Å². The summed E-state index contributed by atoms with van der Waals surface area (Å²) in [5, 5.41) is 1.21. The number of fused-ring (bicyclic) bond motifs is 1. The Labute approximate surface area is 167 Å². The van der Waals surface area contributed by atoms with Crippen molar-refractivity contribution in [2.24, 2.45) is 0 Å². The van der Waals surface area contributed by atoms with E-state index in [1.165, 1.54) is 11.8 Å². The number of ether oxygens (including phenoxy) is 1. The lowest BCUT2D eigenvalue weighted by Gasteiger charge is -2.14. The van der Waals surface area contributed by atoms with E-state index < -0.39 is 0 Å². The number of benzene rings is 2. The lowest BCUT2D eigenvalue weighted by molar-refractivity contribution is 0.414. The third-order valence-electron chi connectivity index (χ3n) is 4.47. The lowest BCUT2D eigenvalue weighted by Crippen LogP contribution is -2.23. The summed E-state index contributed by atoms with van der Waals surface area (Å²) in [5.74, 6) is 2.11. The smallest absolute Gasteiger partial charge is 0.267 e. The van der Waals surface area contributed by atoms with Crippen LogP contribution < -0.4 is 10.3 Å². The predicted molar refractivity (Wildman–Crippen MR) is 112 cm³/mol. The molecule has 0 amide bonds. The van der Waals surface area contributed by atoms with Crippen LogP contribution in [0.3, 0.4) is 0 Å². The van der Waals surface area contributed by atoms with Crippen molar-refractivity contribution < 1.29 is 4.74 Å². The predicted octanol–water partition coefficient (Wildman–Crippen LogP) is 4.39. The highest BCUT2D eigenvalue weighted by Gasteiger charge is 2.15. The summed E-state index contributed by atoms with van der Waals surface area (Å²) in [7, 11) is 1.65. The minimum atomic E-state index is -0.107. The highest BCUT2D eigenvalue weighted by Crippen LogP contribution is 2.25. The van der Waals surface area contributed by atoms with E-state index in [2.05, 4.69) is 4.98 Å². The Morgan fingerprint density at radius 1 is 1.04 bits per heavy atom. The Morgan fingerprint density at radius 3 is 2.57 bits per heavy atom. The van der Waals surface area contributed by atoms with Crippen LogP contribution in [0, 0.1) is 6.92 Å². The number of pyridine rings is 1. The molecule has 2 heterocycles. The van der Waals surface area contributed by atoms with Crippen molar-refractivity contribution in [2.75, 3.05) is 7.11 Å². The van der Waals surface area contributed by atoms with Gasteiger partial charge in [-0.05, 0) is 48.4 Å². The number of para-hydroxylation sites is 1. The zero-order valence-corrected chi connectivity index (χ0v) is 16.4. The summed E-state index contributed by atoms with van der Waals surface area (Å²) in [6.07, 6.45) is 1.70. The number of aromatic nitrogens is 3. The molecule has 28 heavy (non-hydrogen) atoms. The molecule has 0 spiro atoms. The Bertz CT molecular complexity index is 1190. The average molecular weight is 389 g/mol. The van der Waals surface area contributed by atoms with Gasteiger partial charge in [0.25, 0.3) is 5.56 Å². The molecule has 0 aliphatic heterocycles. The van der Waals surface area contributed by atoms with Crippen LogP contribution in [0.4, 0.5) is 0 Å². The van der Waals surface area contributed by atoms with E-state index in [0.717, 1.165) is 16.9 Å². The highest BCUT2D eigenvalue weighted by molar-refractivity contribution is 7.98. The maximum Gasteiger partial charge on any atom is 0.267 e. The largest absolute Gasteiger partial charge is 0.497 e. The van der Waals surface area contributed by atoms with Gasteiger partial charge in [-0.2, -0.15) is 0 Å². The normalized spacial score (nSPS) is 10.9. The van der Waals surface area contributed by atoms with Crippen LogP contribution in [0.25, 0.3) is 16.7 Å². The average Bonchev–Trinajstić information content (AvgIpc) is 2.73. The van der Waals surface area contributed by atoms with Crippen molar-refractivity contribution >= 4 is 22.7 Å². The first-order chi connectivity index (χ1) is 13.7. The van der Waals surface area contributed by atoms with Gasteiger partial charge in [0.2, 0.25) is 0 Å². The minimum Gasteiger partial charge on any atom is -0.497 e. The first-order valence-corrected chi connectivity index (χ1v) is 9.85. The monoisotopic (exact) mass is 389 g/mol. The summed E-state index contributed by atoms with van der Waals surface area (Å²) in [5.41, 5.74) is 2.63. The number of hydrogen-bond donors (Lipinski definition) is 0. The first kappa shape index (κ1) is 18.3. The fourth-order valence-corrected chi connectivity index (χ4v) is 3.93. The fraction of sp³-hybridized carbons (Fsp3) is 0.136. The molecule has 0 unspecified atom stereocenters. The van der Waals surface area contributed by atoms with Crippen molar-refractivity contribution in [2.45, 2.75) is 17.8 Å². The second-order valence-electron chi connectivity index (χ2n) is 6.33. The van der Waals surface area contributed by atoms with Crippen LogP contribution >= 0.6 is 11.8 Å². The van der Waals surface area contributed by atoms with Gasteiger partial charge in [0.15, 0.2) is 5.16 Å². The van der Waals surface area contributed by atoms with Crippen LogP contribution in [0.1, 0.15) is 11.1 Å². The molecule has 0 saturated carbocycles. The van der Waals surface area contributed by atoms with Crippen molar-refractivity contribution in [3.05, 3.63) is 88.3 Å². The summed E-state index contributed by atoms with van der Waals surface area (Å²) < 4.78 is 6.83. The zero-order chi connectivity index (χ0) is 19.5. The van der Waals surface area contributed by atoms with Gasteiger partial charge in [0.1, 0.15) is 11.6 Å². The minimum absolute atomic E-state index is 0.107. The molecule has 140 valence electrons. The Morgan fingerprint density at radius 2 is 1.82 bits per heavy atom. The molecule has 4 rings (SSSR count). The standard InChI is InChI=1S/C22H19N3O2S/c1-15-6-5-13-23-20(15)25-21(26)18-7-3-4-8-19(18)24-22(25)28-14-16-9-11-17(27-2)12-10-16/h3-13H,14H2,1-2H3. The Kier molecular flexibility index (Phi) is 5.12. The van der Waals surface area contributed by atoms with E-state index in [0.29, 0.717) is 27.6 Å². The molecule has 6 heteroatoms. The van der Waals surface area contributed by atoms with E-state index in [4.69, 9.17) is 9.72 Å². The topological polar surface area (TPSA) is 57.0 Å². The first-order valence-electron chi connectivity index (χ1n) is 8.87. The van der Waals surface area contributed by atoms with Crippen molar-refractivity contribution in [3.8, 4) is 11.6 Å². The van der Waals surface area contributed by atoms with Gasteiger partial charge in [-0.15, -0.1) is 0 Å². The Balaban J connectivity index is 1.80. The maximum absolute atomic E-state index is 13.2. The lowest BCUT2D eigenvalue weighted by atomic mass is 10.2. The van der Waals surface area contributed by atoms with Gasteiger partial charge in [0.05, 0.1) is 18.0 Å². The molecular weight excluding hydrogens is 370 g/mol. The van der Waals surface area contributed by atoms with Crippen LogP contribution in [-0.4, -0.2) is 21.6 Å². The maximum atomic E-state index is 13.2. The number of aryl methyl sites for hydroxylation is 1. The molecule has 0 saturated heterocycles. The molecule has 0 radical (unpaired) electrons. The Hall–Kier alpha value is -3.12. The summed E-state index contributed by atoms with van der Waals surface area (Å²) in [4.78, 5) is 22.5. The molecule has 2 aromatic carbocycles. The molecule has 0 N–H and O–H groups in total. The van der Waals surface area contributed by atoms with Crippen molar-refractivity contribution in [1.29, 1.82) is 0 Å². The summed E-state index contributed by atoms with van der Waals surface area (Å²) in [6, 6.07) is 19.1. The summed E-state index contributed by atoms with van der Waals surface area (Å²) in [6.45, 7) is 1.95. The molecule has 0 aliphatic carbocycles. The van der Waals surface area contributed by atoms with Crippen molar-refractivity contribution in [1.82, 2.24) is 14.5 Å². The fourth-order valence-electron chi connectivity index (χ4n) is 2.98. The van der Waals surface area contributed by atoms with Crippen LogP contribution in [0.5, 0.6) is 5.75 Å². The van der Waals surface area contributed by atoms with E-state index in [1.807, 2.05) is 61.5 Å². The van der Waals surface area contributed by atoms with Crippen LogP contribution in [-0.2, 0) is 5.75 Å². The number of rotatable bonds is 5. The number of hydrogen-bond acceptors (Lipinski definition) is 5. The SMILES string of the molecule is COc1ccc(CSc2nc3ccccc3c(=O)n2-c2ncccc2C)cc1. The molecule has 4 aromatic rings. The molecular formula is C22H19N3O2S. The highest BCUT2D eigenvalue weighted by atomic mass is 32.2. The number of nitrogens with zero attached hydrogens (tertiary/aromatic N) is 3. The quantitative estimate of drug-likeness (QED) is 0.374. The zero-order valence-electron chi connectivity index (χ0n) is 15.6. The number of methoxy groups -OCH3 is 1. The molecule has 2 aromatic heterocycles. The second-order valence-corrected chi connectivity index (χ2v) is 7.28. The molecule has 0 fully saturated rings. The third-order valence-corrected chi connectivity index (χ3v) is 5.48. The van der Waals surface area contributed by atoms with Gasteiger partial charge in [-0.1, -0.05) is 42.1 Å². The van der Waals surface area contributed by atoms with Crippen molar-refractivity contribution in [3.63, 3.8) is 0 Å².